The molecule has 2 aromatic carbocycles. The van der Waals surface area contributed by atoms with Gasteiger partial charge in [-0.05, 0) is 55.5 Å². The Hall–Kier alpha value is -3.08. The topological polar surface area (TPSA) is 54.5 Å². The summed E-state index contributed by atoms with van der Waals surface area (Å²) < 4.78 is 5.53. The first-order valence-electron chi connectivity index (χ1n) is 10.3. The third-order valence-electron chi connectivity index (χ3n) is 5.53. The van der Waals surface area contributed by atoms with Crippen molar-refractivity contribution >= 4 is 28.2 Å². The largest absolute Gasteiger partial charge is 0.494 e. The van der Waals surface area contributed by atoms with Crippen LogP contribution in [0.3, 0.4) is 0 Å². The number of fused-ring (bicyclic) bond motifs is 1. The molecule has 1 saturated heterocycles. The Labute approximate surface area is 171 Å². The molecule has 0 saturated carbocycles. The lowest BCUT2D eigenvalue weighted by atomic mass is 10.1. The molecule has 5 nitrogen and oxygen atoms in total. The van der Waals surface area contributed by atoms with E-state index < -0.39 is 0 Å². The van der Waals surface area contributed by atoms with Gasteiger partial charge in [0.15, 0.2) is 0 Å². The van der Waals surface area contributed by atoms with Crippen LogP contribution in [0.2, 0.25) is 0 Å². The number of carbonyl (C=O) groups excluding carboxylic acids is 1. The Bertz CT molecular complexity index is 1010. The Morgan fingerprint density at radius 1 is 1.10 bits per heavy atom. The van der Waals surface area contributed by atoms with Gasteiger partial charge < -0.3 is 15.0 Å². The van der Waals surface area contributed by atoms with Crippen LogP contribution in [0.4, 0.5) is 11.4 Å². The number of hydrogen-bond donors (Lipinski definition) is 1. The molecule has 1 amide bonds. The first-order valence-corrected chi connectivity index (χ1v) is 10.3. The van der Waals surface area contributed by atoms with Crippen LogP contribution in [0.15, 0.2) is 48.5 Å². The second kappa shape index (κ2) is 8.52. The number of piperidine rings is 1. The Kier molecular flexibility index (Phi) is 5.65. The van der Waals surface area contributed by atoms with E-state index in [2.05, 4.69) is 36.5 Å². The highest BCUT2D eigenvalue weighted by molar-refractivity contribution is 6.02. The number of hydrogen-bond acceptors (Lipinski definition) is 4. The van der Waals surface area contributed by atoms with Gasteiger partial charge in [0.05, 0.1) is 12.8 Å². The van der Waals surface area contributed by atoms with Crippen molar-refractivity contribution < 1.29 is 9.53 Å². The molecule has 150 valence electrons. The molecular weight excluding hydrogens is 362 g/mol. The summed E-state index contributed by atoms with van der Waals surface area (Å²) in [5.74, 6) is 0.655. The summed E-state index contributed by atoms with van der Waals surface area (Å²) in [4.78, 5) is 19.7. The van der Waals surface area contributed by atoms with E-state index in [1.54, 1.807) is 7.11 Å². The number of methoxy groups -OCH3 is 1. The van der Waals surface area contributed by atoms with Crippen molar-refractivity contribution in [2.45, 2.75) is 32.6 Å². The number of aromatic nitrogens is 1. The van der Waals surface area contributed by atoms with Crippen LogP contribution in [-0.4, -0.2) is 36.0 Å². The number of ether oxygens (including phenoxy) is 1. The molecule has 0 radical (unpaired) electrons. The molecule has 3 aromatic rings. The van der Waals surface area contributed by atoms with E-state index in [0.717, 1.165) is 49.1 Å². The number of pyridine rings is 1. The van der Waals surface area contributed by atoms with Crippen LogP contribution in [0.25, 0.3) is 10.9 Å². The molecule has 2 heterocycles. The smallest absolute Gasteiger partial charge is 0.272 e. The zero-order valence-corrected chi connectivity index (χ0v) is 17.1. The highest BCUT2D eigenvalue weighted by Gasteiger charge is 2.21. The van der Waals surface area contributed by atoms with E-state index >= 15 is 0 Å². The summed E-state index contributed by atoms with van der Waals surface area (Å²) >= 11 is 0. The van der Waals surface area contributed by atoms with Gasteiger partial charge in [0.2, 0.25) is 0 Å². The van der Waals surface area contributed by atoms with Gasteiger partial charge in [-0.2, -0.15) is 0 Å². The average molecular weight is 389 g/mol. The van der Waals surface area contributed by atoms with E-state index in [1.807, 2.05) is 29.2 Å². The maximum absolute atomic E-state index is 13.1. The van der Waals surface area contributed by atoms with Crippen molar-refractivity contribution in [3.05, 3.63) is 59.8 Å². The van der Waals surface area contributed by atoms with E-state index in [9.17, 15) is 4.79 Å². The minimum Gasteiger partial charge on any atom is -0.494 e. The summed E-state index contributed by atoms with van der Waals surface area (Å²) in [6, 6.07) is 16.1. The maximum Gasteiger partial charge on any atom is 0.272 e. The molecule has 0 bridgehead atoms. The fourth-order valence-electron chi connectivity index (χ4n) is 3.84. The zero-order chi connectivity index (χ0) is 20.2. The van der Waals surface area contributed by atoms with Gasteiger partial charge in [-0.25, -0.2) is 4.98 Å². The van der Waals surface area contributed by atoms with E-state index in [-0.39, 0.29) is 5.91 Å². The molecule has 0 aliphatic carbocycles. The highest BCUT2D eigenvalue weighted by atomic mass is 16.5. The van der Waals surface area contributed by atoms with Gasteiger partial charge >= 0.3 is 0 Å². The van der Waals surface area contributed by atoms with Gasteiger partial charge in [0.25, 0.3) is 5.91 Å². The van der Waals surface area contributed by atoms with Crippen molar-refractivity contribution in [3.63, 3.8) is 0 Å². The minimum absolute atomic E-state index is 0.0121. The lowest BCUT2D eigenvalue weighted by Crippen LogP contribution is -2.36. The molecule has 1 aliphatic heterocycles. The maximum atomic E-state index is 13.1. The summed E-state index contributed by atoms with van der Waals surface area (Å²) in [6.45, 7) is 3.74. The summed E-state index contributed by atoms with van der Waals surface area (Å²) in [6.07, 6.45) is 4.29. The molecule has 1 fully saturated rings. The second-order valence-electron chi connectivity index (χ2n) is 7.44. The fourth-order valence-corrected chi connectivity index (χ4v) is 3.84. The minimum atomic E-state index is -0.0121. The lowest BCUT2D eigenvalue weighted by molar-refractivity contribution is 0.0719. The molecular formula is C24H27N3O2. The van der Waals surface area contributed by atoms with Crippen molar-refractivity contribution in [3.8, 4) is 5.75 Å². The van der Waals surface area contributed by atoms with Crippen molar-refractivity contribution in [2.24, 2.45) is 0 Å². The van der Waals surface area contributed by atoms with Crippen LogP contribution >= 0.6 is 0 Å². The molecule has 0 spiro atoms. The SMILES string of the molecule is CCc1ccc(Nc2cc(C(=O)N3CCCCC3)nc3c(OC)cccc23)cc1. The first kappa shape index (κ1) is 19.2. The normalized spacial score (nSPS) is 14.1. The van der Waals surface area contributed by atoms with Gasteiger partial charge in [0.1, 0.15) is 17.0 Å². The quantitative estimate of drug-likeness (QED) is 0.654. The number of para-hydroxylation sites is 1. The summed E-state index contributed by atoms with van der Waals surface area (Å²) in [5.41, 5.74) is 4.28. The van der Waals surface area contributed by atoms with Gasteiger partial charge in [-0.3, -0.25) is 4.79 Å². The van der Waals surface area contributed by atoms with Crippen molar-refractivity contribution in [1.82, 2.24) is 9.88 Å². The molecule has 1 aromatic heterocycles. The number of nitrogens with zero attached hydrogens (tertiary/aromatic N) is 2. The first-order chi connectivity index (χ1) is 14.2. The fraction of sp³-hybridized carbons (Fsp3) is 0.333. The summed E-state index contributed by atoms with van der Waals surface area (Å²) in [7, 11) is 1.63. The third-order valence-corrected chi connectivity index (χ3v) is 5.53. The molecule has 0 unspecified atom stereocenters. The zero-order valence-electron chi connectivity index (χ0n) is 17.1. The molecule has 1 N–H and O–H groups in total. The van der Waals surface area contributed by atoms with E-state index in [0.29, 0.717) is 17.0 Å². The highest BCUT2D eigenvalue weighted by Crippen LogP contribution is 2.32. The van der Waals surface area contributed by atoms with Gasteiger partial charge in [-0.15, -0.1) is 0 Å². The number of likely N-dealkylation sites (tertiary alicyclic amines) is 1. The number of rotatable bonds is 5. The molecule has 0 atom stereocenters. The van der Waals surface area contributed by atoms with Crippen LogP contribution in [0.1, 0.15) is 42.2 Å². The number of nitrogens with one attached hydrogen (secondary N) is 1. The van der Waals surface area contributed by atoms with Gasteiger partial charge in [-0.1, -0.05) is 31.2 Å². The van der Waals surface area contributed by atoms with Crippen molar-refractivity contribution in [2.75, 3.05) is 25.5 Å². The molecule has 5 heteroatoms. The monoisotopic (exact) mass is 389 g/mol. The van der Waals surface area contributed by atoms with Crippen molar-refractivity contribution in [1.29, 1.82) is 0 Å². The number of benzene rings is 2. The standard InChI is InChI=1S/C24H27N3O2/c1-3-17-10-12-18(13-11-17)25-20-16-21(24(28)27-14-5-4-6-15-27)26-23-19(20)8-7-9-22(23)29-2/h7-13,16H,3-6,14-15H2,1-2H3,(H,25,26). The third kappa shape index (κ3) is 4.04. The second-order valence-corrected chi connectivity index (χ2v) is 7.44. The average Bonchev–Trinajstić information content (AvgIpc) is 2.79. The number of anilines is 2. The molecule has 1 aliphatic rings. The van der Waals surface area contributed by atoms with Crippen LogP contribution in [0, 0.1) is 0 Å². The lowest BCUT2D eigenvalue weighted by Gasteiger charge is -2.26. The number of amides is 1. The van der Waals surface area contributed by atoms with Crippen LogP contribution < -0.4 is 10.1 Å². The Morgan fingerprint density at radius 3 is 2.55 bits per heavy atom. The number of aryl methyl sites for hydroxylation is 1. The Morgan fingerprint density at radius 2 is 1.86 bits per heavy atom. The molecule has 29 heavy (non-hydrogen) atoms. The van der Waals surface area contributed by atoms with E-state index in [4.69, 9.17) is 9.72 Å². The molecule has 4 rings (SSSR count). The predicted octanol–water partition coefficient (Wildman–Crippen LogP) is 5.18. The van der Waals surface area contributed by atoms with Crippen LogP contribution in [-0.2, 0) is 6.42 Å². The Balaban J connectivity index is 1.77. The van der Waals surface area contributed by atoms with Crippen LogP contribution in [0.5, 0.6) is 5.75 Å². The predicted molar refractivity (Wildman–Crippen MR) is 117 cm³/mol. The van der Waals surface area contributed by atoms with Gasteiger partial charge in [0, 0.05) is 24.2 Å². The summed E-state index contributed by atoms with van der Waals surface area (Å²) in [5, 5.41) is 4.41. The number of carbonyl (C=O) groups is 1. The van der Waals surface area contributed by atoms with E-state index in [1.165, 1.54) is 12.0 Å².